The number of nitrogens with two attached hydrogens (primary N) is 1. The summed E-state index contributed by atoms with van der Waals surface area (Å²) in [5.74, 6) is 0.173. The smallest absolute Gasteiger partial charge is 0.227 e. The minimum absolute atomic E-state index is 0.173. The molecule has 0 aliphatic carbocycles. The summed E-state index contributed by atoms with van der Waals surface area (Å²) in [7, 11) is 1.72. The lowest BCUT2D eigenvalue weighted by Crippen LogP contribution is -2.39. The second-order valence-electron chi connectivity index (χ2n) is 6.64. The second-order valence-corrected chi connectivity index (χ2v) is 6.64. The first-order valence-electron chi connectivity index (χ1n) is 6.98. The lowest BCUT2D eigenvalue weighted by atomic mass is 9.88. The summed E-state index contributed by atoms with van der Waals surface area (Å²) in [6, 6.07) is 0. The standard InChI is InChI=1S/C14H29N3O/c1-13(2,10-15)6-5-8-17-9-7-14(3,11-17)12(18)16-4/h5-11,15H2,1-4H3,(H,16,18). The van der Waals surface area contributed by atoms with Gasteiger partial charge in [0.25, 0.3) is 0 Å². The minimum Gasteiger partial charge on any atom is -0.359 e. The zero-order chi connectivity index (χ0) is 13.8. The molecule has 3 N–H and O–H groups in total. The van der Waals surface area contributed by atoms with E-state index >= 15 is 0 Å². The van der Waals surface area contributed by atoms with Gasteiger partial charge >= 0.3 is 0 Å². The zero-order valence-corrected chi connectivity index (χ0v) is 12.4. The van der Waals surface area contributed by atoms with Crippen molar-refractivity contribution >= 4 is 5.91 Å². The van der Waals surface area contributed by atoms with Crippen molar-refractivity contribution in [1.82, 2.24) is 10.2 Å². The van der Waals surface area contributed by atoms with Crippen molar-refractivity contribution in [2.45, 2.75) is 40.0 Å². The second kappa shape index (κ2) is 6.02. The first-order valence-corrected chi connectivity index (χ1v) is 6.98. The Morgan fingerprint density at radius 3 is 2.72 bits per heavy atom. The fourth-order valence-corrected chi connectivity index (χ4v) is 2.62. The highest BCUT2D eigenvalue weighted by Gasteiger charge is 2.39. The summed E-state index contributed by atoms with van der Waals surface area (Å²) in [6.07, 6.45) is 3.28. The molecule has 1 amide bonds. The van der Waals surface area contributed by atoms with Crippen LogP contribution in [0.1, 0.15) is 40.0 Å². The van der Waals surface area contributed by atoms with E-state index in [1.807, 2.05) is 0 Å². The molecule has 1 saturated heterocycles. The van der Waals surface area contributed by atoms with E-state index < -0.39 is 0 Å². The molecule has 1 fully saturated rings. The molecule has 1 rings (SSSR count). The van der Waals surface area contributed by atoms with Crippen LogP contribution in [0.15, 0.2) is 0 Å². The van der Waals surface area contributed by atoms with E-state index in [1.54, 1.807) is 7.05 Å². The molecule has 0 aromatic heterocycles. The van der Waals surface area contributed by atoms with Crippen LogP contribution >= 0.6 is 0 Å². The van der Waals surface area contributed by atoms with Crippen LogP contribution in [0.25, 0.3) is 0 Å². The number of rotatable bonds is 6. The maximum Gasteiger partial charge on any atom is 0.227 e. The molecule has 0 radical (unpaired) electrons. The van der Waals surface area contributed by atoms with Crippen LogP contribution in [0.2, 0.25) is 0 Å². The number of nitrogens with one attached hydrogen (secondary N) is 1. The molecule has 0 aromatic carbocycles. The molecule has 0 saturated carbocycles. The van der Waals surface area contributed by atoms with Gasteiger partial charge in [-0.15, -0.1) is 0 Å². The van der Waals surface area contributed by atoms with Gasteiger partial charge in [0.15, 0.2) is 0 Å². The lowest BCUT2D eigenvalue weighted by Gasteiger charge is -2.25. The van der Waals surface area contributed by atoms with E-state index in [4.69, 9.17) is 5.73 Å². The molecule has 1 aliphatic heterocycles. The summed E-state index contributed by atoms with van der Waals surface area (Å²) in [6.45, 7) is 10.2. The van der Waals surface area contributed by atoms with Gasteiger partial charge in [-0.25, -0.2) is 0 Å². The Bertz CT molecular complexity index is 291. The Hall–Kier alpha value is -0.610. The molecule has 1 heterocycles. The minimum atomic E-state index is -0.196. The van der Waals surface area contributed by atoms with E-state index in [0.29, 0.717) is 0 Å². The predicted molar refractivity (Wildman–Crippen MR) is 75.3 cm³/mol. The van der Waals surface area contributed by atoms with Gasteiger partial charge in [-0.3, -0.25) is 4.79 Å². The zero-order valence-electron chi connectivity index (χ0n) is 12.4. The van der Waals surface area contributed by atoms with Gasteiger partial charge in [0, 0.05) is 13.6 Å². The molecule has 0 aromatic rings. The van der Waals surface area contributed by atoms with Crippen LogP contribution in [0.3, 0.4) is 0 Å². The summed E-state index contributed by atoms with van der Waals surface area (Å²) < 4.78 is 0. The molecular weight excluding hydrogens is 226 g/mol. The van der Waals surface area contributed by atoms with E-state index in [1.165, 1.54) is 0 Å². The van der Waals surface area contributed by atoms with E-state index in [-0.39, 0.29) is 16.7 Å². The number of nitrogens with zero attached hydrogens (tertiary/aromatic N) is 1. The maximum absolute atomic E-state index is 11.8. The SMILES string of the molecule is CNC(=O)C1(C)CCN(CCCC(C)(C)CN)C1. The first kappa shape index (κ1) is 15.4. The van der Waals surface area contributed by atoms with Gasteiger partial charge < -0.3 is 16.0 Å². The molecule has 4 nitrogen and oxygen atoms in total. The Labute approximate surface area is 111 Å². The molecule has 4 heteroatoms. The average Bonchev–Trinajstić information content (AvgIpc) is 2.71. The van der Waals surface area contributed by atoms with Crippen molar-refractivity contribution in [3.05, 3.63) is 0 Å². The summed E-state index contributed by atoms with van der Waals surface area (Å²) in [5.41, 5.74) is 5.78. The largest absolute Gasteiger partial charge is 0.359 e. The van der Waals surface area contributed by atoms with E-state index in [0.717, 1.165) is 45.4 Å². The fourth-order valence-electron chi connectivity index (χ4n) is 2.62. The van der Waals surface area contributed by atoms with E-state index in [9.17, 15) is 4.79 Å². The van der Waals surface area contributed by atoms with Crippen molar-refractivity contribution in [3.63, 3.8) is 0 Å². The summed E-state index contributed by atoms with van der Waals surface area (Å²) in [5, 5.41) is 2.78. The fraction of sp³-hybridized carbons (Fsp3) is 0.929. The molecular formula is C14H29N3O. The normalized spacial score (nSPS) is 25.4. The Morgan fingerprint density at radius 1 is 1.50 bits per heavy atom. The highest BCUT2D eigenvalue weighted by molar-refractivity contribution is 5.82. The monoisotopic (exact) mass is 255 g/mol. The number of carbonyl (C=O) groups is 1. The third kappa shape index (κ3) is 3.95. The topological polar surface area (TPSA) is 58.4 Å². The Balaban J connectivity index is 2.33. The van der Waals surface area contributed by atoms with Crippen molar-refractivity contribution in [1.29, 1.82) is 0 Å². The third-order valence-corrected chi connectivity index (χ3v) is 4.21. The quantitative estimate of drug-likeness (QED) is 0.750. The van der Waals surface area contributed by atoms with Gasteiger partial charge in [-0.2, -0.15) is 0 Å². The van der Waals surface area contributed by atoms with Gasteiger partial charge in [-0.05, 0) is 51.2 Å². The first-order chi connectivity index (χ1) is 8.33. The highest BCUT2D eigenvalue weighted by atomic mass is 16.2. The van der Waals surface area contributed by atoms with E-state index in [2.05, 4.69) is 31.0 Å². The van der Waals surface area contributed by atoms with Crippen molar-refractivity contribution in [2.75, 3.05) is 33.2 Å². The van der Waals surface area contributed by atoms with Gasteiger partial charge in [0.2, 0.25) is 5.91 Å². The third-order valence-electron chi connectivity index (χ3n) is 4.21. The Kier molecular flexibility index (Phi) is 5.17. The van der Waals surface area contributed by atoms with Crippen LogP contribution in [0.5, 0.6) is 0 Å². The van der Waals surface area contributed by atoms with Crippen molar-refractivity contribution < 1.29 is 4.79 Å². The molecule has 0 bridgehead atoms. The van der Waals surface area contributed by atoms with Gasteiger partial charge in [0.05, 0.1) is 5.41 Å². The molecule has 1 aliphatic rings. The predicted octanol–water partition coefficient (Wildman–Crippen LogP) is 1.21. The van der Waals surface area contributed by atoms with Gasteiger partial charge in [0.1, 0.15) is 0 Å². The maximum atomic E-state index is 11.8. The summed E-state index contributed by atoms with van der Waals surface area (Å²) >= 11 is 0. The highest BCUT2D eigenvalue weighted by Crippen LogP contribution is 2.30. The molecule has 106 valence electrons. The van der Waals surface area contributed by atoms with Crippen LogP contribution in [0.4, 0.5) is 0 Å². The number of carbonyl (C=O) groups excluding carboxylic acids is 1. The summed E-state index contributed by atoms with van der Waals surface area (Å²) in [4.78, 5) is 14.2. The van der Waals surface area contributed by atoms with Crippen molar-refractivity contribution in [2.24, 2.45) is 16.6 Å². The number of amides is 1. The van der Waals surface area contributed by atoms with Crippen LogP contribution in [0, 0.1) is 10.8 Å². The molecule has 1 unspecified atom stereocenters. The number of hydrogen-bond acceptors (Lipinski definition) is 3. The lowest BCUT2D eigenvalue weighted by molar-refractivity contribution is -0.129. The van der Waals surface area contributed by atoms with Crippen LogP contribution < -0.4 is 11.1 Å². The van der Waals surface area contributed by atoms with Crippen LogP contribution in [-0.4, -0.2) is 44.0 Å². The molecule has 18 heavy (non-hydrogen) atoms. The Morgan fingerprint density at radius 2 is 2.17 bits per heavy atom. The number of hydrogen-bond donors (Lipinski definition) is 2. The van der Waals surface area contributed by atoms with Gasteiger partial charge in [-0.1, -0.05) is 13.8 Å². The number of likely N-dealkylation sites (tertiary alicyclic amines) is 1. The van der Waals surface area contributed by atoms with Crippen molar-refractivity contribution in [3.8, 4) is 0 Å². The average molecular weight is 255 g/mol. The molecule has 0 spiro atoms. The molecule has 1 atom stereocenters. The van der Waals surface area contributed by atoms with Crippen LogP contribution in [-0.2, 0) is 4.79 Å².